The van der Waals surface area contributed by atoms with Crippen LogP contribution in [0.3, 0.4) is 0 Å². The zero-order valence-electron chi connectivity index (χ0n) is 14.9. The van der Waals surface area contributed by atoms with Crippen molar-refractivity contribution in [3.63, 3.8) is 0 Å². The van der Waals surface area contributed by atoms with Crippen LogP contribution >= 0.6 is 0 Å². The molecule has 0 unspecified atom stereocenters. The Balaban J connectivity index is 2.17. The highest BCUT2D eigenvalue weighted by molar-refractivity contribution is 6.16. The third-order valence-electron chi connectivity index (χ3n) is 5.06. The highest BCUT2D eigenvalue weighted by Gasteiger charge is 2.40. The van der Waals surface area contributed by atoms with Crippen LogP contribution in [0, 0.1) is 0 Å². The molecule has 0 radical (unpaired) electrons. The van der Waals surface area contributed by atoms with Gasteiger partial charge in [-0.05, 0) is 24.3 Å². The number of alkyl halides is 6. The average Bonchev–Trinajstić information content (AvgIpc) is 2.68. The number of fused-ring (bicyclic) bond motifs is 5. The molecule has 0 saturated carbocycles. The van der Waals surface area contributed by atoms with Crippen molar-refractivity contribution < 1.29 is 26.3 Å². The van der Waals surface area contributed by atoms with Crippen LogP contribution in [0.4, 0.5) is 26.3 Å². The SMILES string of the molecule is FC(F)(F)c1c2ccccc2nc2ccc3nc4ccccc4c(C(F)(F)F)c3c12. The lowest BCUT2D eigenvalue weighted by Gasteiger charge is -2.19. The Hall–Kier alpha value is -3.42. The first-order valence-electron chi connectivity index (χ1n) is 8.84. The van der Waals surface area contributed by atoms with Gasteiger partial charge in [0.1, 0.15) is 0 Å². The molecular formula is C22H10F6N2. The molecule has 0 aliphatic heterocycles. The first-order chi connectivity index (χ1) is 14.2. The number of nitrogens with zero attached hydrogens (tertiary/aromatic N) is 2. The maximum absolute atomic E-state index is 14.2. The standard InChI is InChI=1S/C22H10F6N2/c23-21(24,25)19-11-5-1-3-7-13(11)29-15-9-10-16-18(17(15)19)20(22(26,27)28)12-6-2-4-8-14(12)30-16/h1-10H. The van der Waals surface area contributed by atoms with E-state index >= 15 is 0 Å². The van der Waals surface area contributed by atoms with Crippen molar-refractivity contribution in [1.82, 2.24) is 9.97 Å². The van der Waals surface area contributed by atoms with Gasteiger partial charge in [0.15, 0.2) is 0 Å². The molecule has 5 aromatic rings. The maximum Gasteiger partial charge on any atom is 0.417 e. The van der Waals surface area contributed by atoms with Crippen molar-refractivity contribution in [2.45, 2.75) is 12.4 Å². The summed E-state index contributed by atoms with van der Waals surface area (Å²) in [4.78, 5) is 8.42. The largest absolute Gasteiger partial charge is 0.417 e. The van der Waals surface area contributed by atoms with E-state index in [4.69, 9.17) is 0 Å². The van der Waals surface area contributed by atoms with Crippen LogP contribution in [0.5, 0.6) is 0 Å². The Morgan fingerprint density at radius 2 is 0.833 bits per heavy atom. The lowest BCUT2D eigenvalue weighted by Crippen LogP contribution is -2.12. The summed E-state index contributed by atoms with van der Waals surface area (Å²) >= 11 is 0. The smallest absolute Gasteiger partial charge is 0.248 e. The summed E-state index contributed by atoms with van der Waals surface area (Å²) in [5, 5.41) is -1.70. The van der Waals surface area contributed by atoms with Crippen LogP contribution in [0.1, 0.15) is 11.1 Å². The third-order valence-corrected chi connectivity index (χ3v) is 5.06. The maximum atomic E-state index is 14.2. The first kappa shape index (κ1) is 18.6. The highest BCUT2D eigenvalue weighted by atomic mass is 19.4. The van der Waals surface area contributed by atoms with Gasteiger partial charge in [0.05, 0.1) is 33.2 Å². The Bertz CT molecular complexity index is 1360. The summed E-state index contributed by atoms with van der Waals surface area (Å²) in [6.45, 7) is 0. The van der Waals surface area contributed by atoms with E-state index in [2.05, 4.69) is 9.97 Å². The van der Waals surface area contributed by atoms with Gasteiger partial charge in [-0.2, -0.15) is 26.3 Å². The van der Waals surface area contributed by atoms with Gasteiger partial charge in [-0.3, -0.25) is 0 Å². The summed E-state index contributed by atoms with van der Waals surface area (Å²) in [6.07, 6.45) is -9.80. The Morgan fingerprint density at radius 3 is 1.20 bits per heavy atom. The number of rotatable bonds is 0. The second-order valence-electron chi connectivity index (χ2n) is 6.86. The molecule has 0 amide bonds. The van der Waals surface area contributed by atoms with Gasteiger partial charge in [-0.25, -0.2) is 9.97 Å². The lowest BCUT2D eigenvalue weighted by atomic mass is 9.94. The van der Waals surface area contributed by atoms with Crippen molar-refractivity contribution in [2.75, 3.05) is 0 Å². The monoisotopic (exact) mass is 416 g/mol. The fraction of sp³-hybridized carbons (Fsp3) is 0.0909. The van der Waals surface area contributed by atoms with Crippen LogP contribution in [0.25, 0.3) is 43.6 Å². The molecule has 0 atom stereocenters. The van der Waals surface area contributed by atoms with Crippen LogP contribution in [-0.2, 0) is 12.4 Å². The van der Waals surface area contributed by atoms with E-state index in [0.29, 0.717) is 0 Å². The Kier molecular flexibility index (Phi) is 3.75. The molecule has 8 heteroatoms. The molecular weight excluding hydrogens is 406 g/mol. The fourth-order valence-corrected chi connectivity index (χ4v) is 3.96. The lowest BCUT2D eigenvalue weighted by molar-refractivity contribution is -0.136. The minimum atomic E-state index is -4.90. The van der Waals surface area contributed by atoms with Gasteiger partial charge in [-0.15, -0.1) is 0 Å². The van der Waals surface area contributed by atoms with Gasteiger partial charge in [0.25, 0.3) is 0 Å². The highest BCUT2D eigenvalue weighted by Crippen LogP contribution is 2.46. The first-order valence-corrected chi connectivity index (χ1v) is 8.84. The summed E-state index contributed by atoms with van der Waals surface area (Å²) in [7, 11) is 0. The van der Waals surface area contributed by atoms with Crippen molar-refractivity contribution in [3.05, 3.63) is 71.8 Å². The quantitative estimate of drug-likeness (QED) is 0.153. The number of aromatic nitrogens is 2. The molecule has 0 aliphatic carbocycles. The predicted molar refractivity (Wildman–Crippen MR) is 102 cm³/mol. The second-order valence-corrected chi connectivity index (χ2v) is 6.86. The van der Waals surface area contributed by atoms with Gasteiger partial charge < -0.3 is 0 Å². The third kappa shape index (κ3) is 2.67. The minimum absolute atomic E-state index is 0.0546. The fourth-order valence-electron chi connectivity index (χ4n) is 3.96. The molecule has 3 aromatic carbocycles. The van der Waals surface area contributed by atoms with Gasteiger partial charge in [0.2, 0.25) is 0 Å². The number of para-hydroxylation sites is 2. The minimum Gasteiger partial charge on any atom is -0.248 e. The van der Waals surface area contributed by atoms with Gasteiger partial charge >= 0.3 is 12.4 Å². The molecule has 2 aromatic heterocycles. The van der Waals surface area contributed by atoms with Crippen molar-refractivity contribution in [1.29, 1.82) is 0 Å². The molecule has 5 rings (SSSR count). The van der Waals surface area contributed by atoms with Crippen LogP contribution in [0.2, 0.25) is 0 Å². The van der Waals surface area contributed by atoms with Crippen LogP contribution in [0.15, 0.2) is 60.7 Å². The number of hydrogen-bond acceptors (Lipinski definition) is 2. The van der Waals surface area contributed by atoms with E-state index in [1.165, 1.54) is 60.7 Å². The molecule has 0 bridgehead atoms. The van der Waals surface area contributed by atoms with Crippen LogP contribution < -0.4 is 0 Å². The van der Waals surface area contributed by atoms with Gasteiger partial charge in [0, 0.05) is 21.5 Å². The number of halogens is 6. The average molecular weight is 416 g/mol. The summed E-state index contributed by atoms with van der Waals surface area (Å²) < 4.78 is 85.1. The van der Waals surface area contributed by atoms with E-state index < -0.39 is 34.3 Å². The van der Waals surface area contributed by atoms with E-state index in [9.17, 15) is 26.3 Å². The van der Waals surface area contributed by atoms with Gasteiger partial charge in [-0.1, -0.05) is 36.4 Å². The molecule has 0 aliphatic rings. The number of pyridine rings is 2. The van der Waals surface area contributed by atoms with Crippen LogP contribution in [-0.4, -0.2) is 9.97 Å². The number of hydrogen-bond donors (Lipinski definition) is 0. The van der Waals surface area contributed by atoms with E-state index in [1.807, 2.05) is 0 Å². The summed E-state index contributed by atoms with van der Waals surface area (Å²) in [5.74, 6) is 0. The van der Waals surface area contributed by atoms with Crippen molar-refractivity contribution in [3.8, 4) is 0 Å². The molecule has 2 heterocycles. The zero-order valence-corrected chi connectivity index (χ0v) is 14.9. The summed E-state index contributed by atoms with van der Waals surface area (Å²) in [6, 6.07) is 13.6. The van der Waals surface area contributed by atoms with Crippen molar-refractivity contribution >= 4 is 43.6 Å². The molecule has 0 spiro atoms. The summed E-state index contributed by atoms with van der Waals surface area (Å²) in [5.41, 5.74) is -2.52. The molecule has 0 N–H and O–H groups in total. The van der Waals surface area contributed by atoms with E-state index in [0.717, 1.165) is 0 Å². The predicted octanol–water partition coefficient (Wildman–Crippen LogP) is 7.13. The molecule has 150 valence electrons. The second kappa shape index (κ2) is 6.04. The number of benzene rings is 3. The van der Waals surface area contributed by atoms with E-state index in [1.54, 1.807) is 0 Å². The molecule has 30 heavy (non-hydrogen) atoms. The van der Waals surface area contributed by atoms with E-state index in [-0.39, 0.29) is 32.8 Å². The Morgan fingerprint density at radius 1 is 0.467 bits per heavy atom. The molecule has 2 nitrogen and oxygen atoms in total. The zero-order chi connectivity index (χ0) is 21.3. The topological polar surface area (TPSA) is 25.8 Å². The normalized spacial score (nSPS) is 13.0. The van der Waals surface area contributed by atoms with Crippen molar-refractivity contribution in [2.24, 2.45) is 0 Å². The molecule has 0 saturated heterocycles. The Labute approximate surface area is 164 Å². The molecule has 0 fully saturated rings.